The van der Waals surface area contributed by atoms with Crippen LogP contribution in [0.4, 0.5) is 15.8 Å². The number of carbonyl (C=O) groups is 1. The molecule has 0 aliphatic heterocycles. The molecular formula is C15H11FN2O4. The second kappa shape index (κ2) is 6.57. The van der Waals surface area contributed by atoms with E-state index < -0.39 is 22.4 Å². The van der Waals surface area contributed by atoms with E-state index in [1.807, 2.05) is 0 Å². The van der Waals surface area contributed by atoms with E-state index in [9.17, 15) is 19.3 Å². The molecule has 0 radical (unpaired) electrons. The van der Waals surface area contributed by atoms with Crippen LogP contribution in [0.5, 0.6) is 0 Å². The summed E-state index contributed by atoms with van der Waals surface area (Å²) >= 11 is 0. The number of carbonyl (C=O) groups excluding carboxylic acids is 1. The van der Waals surface area contributed by atoms with Gasteiger partial charge in [0.05, 0.1) is 23.3 Å². The van der Waals surface area contributed by atoms with Crippen molar-refractivity contribution in [2.24, 2.45) is 4.99 Å². The van der Waals surface area contributed by atoms with Crippen molar-refractivity contribution in [2.75, 3.05) is 7.11 Å². The van der Waals surface area contributed by atoms with Gasteiger partial charge in [-0.3, -0.25) is 15.1 Å². The van der Waals surface area contributed by atoms with E-state index in [4.69, 9.17) is 0 Å². The van der Waals surface area contributed by atoms with Gasteiger partial charge in [-0.2, -0.15) is 4.39 Å². The number of methoxy groups -OCH3 is 1. The number of aliphatic imine (C=N–C) groups is 1. The lowest BCUT2D eigenvalue weighted by atomic mass is 10.2. The van der Waals surface area contributed by atoms with Crippen molar-refractivity contribution in [3.63, 3.8) is 0 Å². The van der Waals surface area contributed by atoms with Crippen LogP contribution < -0.4 is 0 Å². The molecule has 112 valence electrons. The van der Waals surface area contributed by atoms with E-state index >= 15 is 0 Å². The zero-order chi connectivity index (χ0) is 16.1. The van der Waals surface area contributed by atoms with Gasteiger partial charge in [-0.1, -0.05) is 6.07 Å². The summed E-state index contributed by atoms with van der Waals surface area (Å²) in [7, 11) is 1.29. The predicted molar refractivity (Wildman–Crippen MR) is 78.1 cm³/mol. The van der Waals surface area contributed by atoms with Crippen molar-refractivity contribution in [1.82, 2.24) is 0 Å². The second-order valence-electron chi connectivity index (χ2n) is 4.26. The van der Waals surface area contributed by atoms with Crippen LogP contribution in [0.25, 0.3) is 0 Å². The lowest BCUT2D eigenvalue weighted by molar-refractivity contribution is -0.387. The maximum Gasteiger partial charge on any atom is 0.337 e. The van der Waals surface area contributed by atoms with Crippen LogP contribution >= 0.6 is 0 Å². The van der Waals surface area contributed by atoms with E-state index in [1.54, 1.807) is 24.3 Å². The van der Waals surface area contributed by atoms with Crippen LogP contribution in [-0.4, -0.2) is 24.2 Å². The SMILES string of the molecule is COC(=O)c1ccc(/N=C/c2ccc(F)c([N+](=O)[O-])c2)cc1. The van der Waals surface area contributed by atoms with Crippen molar-refractivity contribution >= 4 is 23.6 Å². The fraction of sp³-hybridized carbons (Fsp3) is 0.0667. The number of esters is 1. The third-order valence-electron chi connectivity index (χ3n) is 2.82. The number of ether oxygens (including phenoxy) is 1. The summed E-state index contributed by atoms with van der Waals surface area (Å²) in [6.45, 7) is 0. The Morgan fingerprint density at radius 2 is 1.95 bits per heavy atom. The van der Waals surface area contributed by atoms with E-state index in [1.165, 1.54) is 19.4 Å². The van der Waals surface area contributed by atoms with Crippen LogP contribution in [0, 0.1) is 15.9 Å². The van der Waals surface area contributed by atoms with E-state index in [0.29, 0.717) is 16.8 Å². The number of nitrogens with zero attached hydrogens (tertiary/aromatic N) is 2. The smallest absolute Gasteiger partial charge is 0.337 e. The Balaban J connectivity index is 2.20. The average molecular weight is 302 g/mol. The van der Waals surface area contributed by atoms with Crippen LogP contribution in [0.2, 0.25) is 0 Å². The molecule has 2 aromatic rings. The van der Waals surface area contributed by atoms with Crippen LogP contribution in [-0.2, 0) is 4.74 Å². The molecule has 22 heavy (non-hydrogen) atoms. The normalized spacial score (nSPS) is 10.6. The summed E-state index contributed by atoms with van der Waals surface area (Å²) in [4.78, 5) is 25.2. The standard InChI is InChI=1S/C15H11FN2O4/c1-22-15(19)11-3-5-12(6-4-11)17-9-10-2-7-13(16)14(8-10)18(20)21/h2-9H,1H3/b17-9+. The van der Waals surface area contributed by atoms with Gasteiger partial charge in [0.1, 0.15) is 0 Å². The number of hydrogen-bond acceptors (Lipinski definition) is 5. The summed E-state index contributed by atoms with van der Waals surface area (Å²) < 4.78 is 17.8. The fourth-order valence-electron chi connectivity index (χ4n) is 1.70. The quantitative estimate of drug-likeness (QED) is 0.375. The molecule has 0 N–H and O–H groups in total. The summed E-state index contributed by atoms with van der Waals surface area (Å²) in [6.07, 6.45) is 1.37. The van der Waals surface area contributed by atoms with Crippen molar-refractivity contribution in [2.45, 2.75) is 0 Å². The van der Waals surface area contributed by atoms with Gasteiger partial charge in [-0.25, -0.2) is 4.79 Å². The number of nitro benzene ring substituents is 1. The Hall–Kier alpha value is -3.09. The number of nitro groups is 1. The molecule has 0 atom stereocenters. The van der Waals surface area contributed by atoms with Crippen molar-refractivity contribution in [3.8, 4) is 0 Å². The molecule has 0 unspecified atom stereocenters. The Morgan fingerprint density at radius 1 is 1.27 bits per heavy atom. The maximum absolute atomic E-state index is 13.2. The Bertz CT molecular complexity index is 742. The van der Waals surface area contributed by atoms with Gasteiger partial charge in [0.25, 0.3) is 0 Å². The third-order valence-corrected chi connectivity index (χ3v) is 2.82. The molecule has 0 aliphatic rings. The first-order valence-corrected chi connectivity index (χ1v) is 6.17. The average Bonchev–Trinajstić information content (AvgIpc) is 2.53. The molecule has 2 rings (SSSR count). The van der Waals surface area contributed by atoms with Gasteiger partial charge >= 0.3 is 11.7 Å². The molecule has 0 amide bonds. The molecular weight excluding hydrogens is 291 g/mol. The highest BCUT2D eigenvalue weighted by molar-refractivity contribution is 5.90. The molecule has 0 aromatic heterocycles. The zero-order valence-electron chi connectivity index (χ0n) is 11.5. The second-order valence-corrected chi connectivity index (χ2v) is 4.26. The Labute approximate surface area is 125 Å². The van der Waals surface area contributed by atoms with Crippen molar-refractivity contribution in [3.05, 3.63) is 69.5 Å². The van der Waals surface area contributed by atoms with Crippen LogP contribution in [0.1, 0.15) is 15.9 Å². The topological polar surface area (TPSA) is 81.8 Å². The van der Waals surface area contributed by atoms with E-state index in [-0.39, 0.29) is 0 Å². The highest BCUT2D eigenvalue weighted by Gasteiger charge is 2.13. The first-order chi connectivity index (χ1) is 10.5. The number of rotatable bonds is 4. The number of halogens is 1. The summed E-state index contributed by atoms with van der Waals surface area (Å²) in [5.74, 6) is -1.35. The minimum atomic E-state index is -0.899. The lowest BCUT2D eigenvalue weighted by Gasteiger charge is -1.99. The fourth-order valence-corrected chi connectivity index (χ4v) is 1.70. The van der Waals surface area contributed by atoms with E-state index in [0.717, 1.165) is 12.1 Å². The molecule has 2 aromatic carbocycles. The minimum absolute atomic E-state index is 0.388. The summed E-state index contributed by atoms with van der Waals surface area (Å²) in [5.41, 5.74) is 0.716. The monoisotopic (exact) mass is 302 g/mol. The highest BCUT2D eigenvalue weighted by Crippen LogP contribution is 2.19. The van der Waals surface area contributed by atoms with Gasteiger partial charge in [0, 0.05) is 12.3 Å². The van der Waals surface area contributed by atoms with Crippen LogP contribution in [0.15, 0.2) is 47.5 Å². The van der Waals surface area contributed by atoms with Gasteiger partial charge < -0.3 is 4.74 Å². The minimum Gasteiger partial charge on any atom is -0.465 e. The molecule has 7 heteroatoms. The predicted octanol–water partition coefficient (Wildman–Crippen LogP) is 3.27. The molecule has 0 fully saturated rings. The molecule has 0 bridgehead atoms. The Morgan fingerprint density at radius 3 is 2.55 bits per heavy atom. The first kappa shape index (κ1) is 15.3. The van der Waals surface area contributed by atoms with Gasteiger partial charge in [-0.15, -0.1) is 0 Å². The van der Waals surface area contributed by atoms with E-state index in [2.05, 4.69) is 9.73 Å². The highest BCUT2D eigenvalue weighted by atomic mass is 19.1. The first-order valence-electron chi connectivity index (χ1n) is 6.17. The van der Waals surface area contributed by atoms with Crippen molar-refractivity contribution < 1.29 is 18.8 Å². The molecule has 0 saturated heterocycles. The number of hydrogen-bond donors (Lipinski definition) is 0. The Kier molecular flexibility index (Phi) is 4.57. The lowest BCUT2D eigenvalue weighted by Crippen LogP contribution is -1.99. The summed E-state index contributed by atoms with van der Waals surface area (Å²) in [5, 5.41) is 10.7. The zero-order valence-corrected chi connectivity index (χ0v) is 11.5. The molecule has 0 spiro atoms. The van der Waals surface area contributed by atoms with Gasteiger partial charge in [0.2, 0.25) is 5.82 Å². The number of benzene rings is 2. The molecule has 0 heterocycles. The van der Waals surface area contributed by atoms with Gasteiger partial charge in [0.15, 0.2) is 0 Å². The van der Waals surface area contributed by atoms with Crippen LogP contribution in [0.3, 0.4) is 0 Å². The molecule has 0 aliphatic carbocycles. The molecule has 0 saturated carbocycles. The van der Waals surface area contributed by atoms with Gasteiger partial charge in [-0.05, 0) is 35.9 Å². The third kappa shape index (κ3) is 3.51. The molecule has 6 nitrogen and oxygen atoms in total. The maximum atomic E-state index is 13.2. The van der Waals surface area contributed by atoms with Crippen molar-refractivity contribution in [1.29, 1.82) is 0 Å². The summed E-state index contributed by atoms with van der Waals surface area (Å²) in [6, 6.07) is 9.79. The largest absolute Gasteiger partial charge is 0.465 e.